The van der Waals surface area contributed by atoms with Gasteiger partial charge in [0.2, 0.25) is 0 Å². The van der Waals surface area contributed by atoms with Crippen molar-refractivity contribution in [1.82, 2.24) is 8.96 Å². The van der Waals surface area contributed by atoms with Crippen molar-refractivity contribution >= 4 is 31.8 Å². The maximum atomic E-state index is 13.2. The molecule has 1 heterocycles. The van der Waals surface area contributed by atoms with E-state index in [0.717, 1.165) is 5.39 Å². The third-order valence-corrected chi connectivity index (χ3v) is 5.74. The first kappa shape index (κ1) is 14.7. The molecule has 1 aromatic heterocycles. The maximum absolute atomic E-state index is 13.2. The van der Waals surface area contributed by atoms with Crippen molar-refractivity contribution < 1.29 is 13.2 Å². The van der Waals surface area contributed by atoms with E-state index in [0.29, 0.717) is 22.2 Å². The molecule has 120 valence electrons. The van der Waals surface area contributed by atoms with Crippen LogP contribution in [0.1, 0.15) is 0 Å². The molecule has 0 amide bonds. The Morgan fingerprint density at radius 1 is 0.917 bits per heavy atom. The van der Waals surface area contributed by atoms with Crippen LogP contribution in [-0.2, 0) is 10.0 Å². The summed E-state index contributed by atoms with van der Waals surface area (Å²) >= 11 is 0. The Bertz CT molecular complexity index is 1160. The highest BCUT2D eigenvalue weighted by Crippen LogP contribution is 2.32. The third-order valence-electron chi connectivity index (χ3n) is 4.02. The first-order chi connectivity index (χ1) is 11.6. The Morgan fingerprint density at radius 3 is 2.42 bits per heavy atom. The summed E-state index contributed by atoms with van der Waals surface area (Å²) in [5.74, 6) is 0.639. The lowest BCUT2D eigenvalue weighted by atomic mass is 10.1. The smallest absolute Gasteiger partial charge is 0.270 e. The van der Waals surface area contributed by atoms with Crippen LogP contribution in [0.25, 0.3) is 21.8 Å². The van der Waals surface area contributed by atoms with Gasteiger partial charge in [0.25, 0.3) is 10.0 Å². The first-order valence-electron chi connectivity index (χ1n) is 7.36. The number of para-hydroxylation sites is 2. The van der Waals surface area contributed by atoms with Crippen molar-refractivity contribution in [3.63, 3.8) is 0 Å². The standard InChI is InChI=1S/C18H14N2O3S/c1-23-17-10-11-18(14-7-3-2-6-13(14)17)24(21,22)20-12-19-15-8-4-5-9-16(15)20/h2-12H,1H3. The molecular weight excluding hydrogens is 324 g/mol. The zero-order valence-corrected chi connectivity index (χ0v) is 13.7. The van der Waals surface area contributed by atoms with Crippen LogP contribution >= 0.6 is 0 Å². The van der Waals surface area contributed by atoms with Gasteiger partial charge >= 0.3 is 0 Å². The van der Waals surface area contributed by atoms with Crippen LogP contribution in [0.3, 0.4) is 0 Å². The molecule has 24 heavy (non-hydrogen) atoms. The van der Waals surface area contributed by atoms with Crippen molar-refractivity contribution in [3.8, 4) is 5.75 Å². The van der Waals surface area contributed by atoms with Crippen LogP contribution in [-0.4, -0.2) is 24.5 Å². The van der Waals surface area contributed by atoms with Gasteiger partial charge in [0, 0.05) is 10.8 Å². The van der Waals surface area contributed by atoms with Gasteiger partial charge in [-0.25, -0.2) is 17.4 Å². The average Bonchev–Trinajstić information content (AvgIpc) is 3.05. The molecule has 0 aliphatic rings. The molecule has 0 saturated heterocycles. The van der Waals surface area contributed by atoms with Crippen molar-refractivity contribution in [1.29, 1.82) is 0 Å². The van der Waals surface area contributed by atoms with Crippen LogP contribution < -0.4 is 4.74 Å². The van der Waals surface area contributed by atoms with Gasteiger partial charge < -0.3 is 4.74 Å². The number of ether oxygens (including phenoxy) is 1. The van der Waals surface area contributed by atoms with E-state index >= 15 is 0 Å². The van der Waals surface area contributed by atoms with Gasteiger partial charge in [-0.3, -0.25) is 0 Å². The number of benzene rings is 3. The summed E-state index contributed by atoms with van der Waals surface area (Å²) in [5, 5.41) is 1.38. The molecule has 0 spiro atoms. The Morgan fingerprint density at radius 2 is 1.62 bits per heavy atom. The van der Waals surface area contributed by atoms with Crippen molar-refractivity contribution in [3.05, 3.63) is 67.0 Å². The molecule has 0 fully saturated rings. The molecule has 0 aliphatic heterocycles. The third kappa shape index (κ3) is 2.07. The second-order valence-corrected chi connectivity index (χ2v) is 7.13. The van der Waals surface area contributed by atoms with Gasteiger partial charge in [0.05, 0.1) is 23.0 Å². The average molecular weight is 338 g/mol. The predicted octanol–water partition coefficient (Wildman–Crippen LogP) is 3.44. The molecule has 4 aromatic rings. The van der Waals surface area contributed by atoms with Gasteiger partial charge in [-0.1, -0.05) is 36.4 Å². The molecule has 0 N–H and O–H groups in total. The molecule has 0 atom stereocenters. The zero-order chi connectivity index (χ0) is 16.7. The van der Waals surface area contributed by atoms with E-state index in [2.05, 4.69) is 4.98 Å². The number of methoxy groups -OCH3 is 1. The minimum Gasteiger partial charge on any atom is -0.496 e. The fraction of sp³-hybridized carbons (Fsp3) is 0.0556. The van der Waals surface area contributed by atoms with Gasteiger partial charge in [-0.2, -0.15) is 0 Å². The summed E-state index contributed by atoms with van der Waals surface area (Å²) < 4.78 is 33.0. The second-order valence-electron chi connectivity index (χ2n) is 5.35. The molecule has 0 radical (unpaired) electrons. The van der Waals surface area contributed by atoms with Crippen molar-refractivity contribution in [2.24, 2.45) is 0 Å². The van der Waals surface area contributed by atoms with Gasteiger partial charge in [-0.15, -0.1) is 0 Å². The SMILES string of the molecule is COc1ccc(S(=O)(=O)n2cnc3ccccc32)c2ccccc12. The highest BCUT2D eigenvalue weighted by atomic mass is 32.2. The predicted molar refractivity (Wildman–Crippen MR) is 92.8 cm³/mol. The topological polar surface area (TPSA) is 61.2 Å². The number of imidazole rings is 1. The molecule has 0 unspecified atom stereocenters. The van der Waals surface area contributed by atoms with Crippen molar-refractivity contribution in [2.75, 3.05) is 7.11 Å². The number of nitrogens with zero attached hydrogens (tertiary/aromatic N) is 2. The number of hydrogen-bond acceptors (Lipinski definition) is 4. The van der Waals surface area contributed by atoms with Crippen LogP contribution in [0, 0.1) is 0 Å². The summed E-state index contributed by atoms with van der Waals surface area (Å²) in [6.45, 7) is 0. The van der Waals surface area contributed by atoms with Crippen LogP contribution in [0.5, 0.6) is 5.75 Å². The Labute approximate surface area is 139 Å². The number of aromatic nitrogens is 2. The zero-order valence-electron chi connectivity index (χ0n) is 12.9. The van der Waals surface area contributed by atoms with Crippen LogP contribution in [0.4, 0.5) is 0 Å². The molecule has 0 saturated carbocycles. The number of hydrogen-bond donors (Lipinski definition) is 0. The Hall–Kier alpha value is -2.86. The minimum atomic E-state index is -3.78. The van der Waals surface area contributed by atoms with Gasteiger partial charge in [0.1, 0.15) is 12.1 Å². The van der Waals surface area contributed by atoms with E-state index in [-0.39, 0.29) is 4.90 Å². The lowest BCUT2D eigenvalue weighted by Gasteiger charge is -2.12. The molecule has 3 aromatic carbocycles. The molecule has 0 bridgehead atoms. The molecule has 4 rings (SSSR count). The summed E-state index contributed by atoms with van der Waals surface area (Å²) in [6.07, 6.45) is 1.35. The summed E-state index contributed by atoms with van der Waals surface area (Å²) in [5.41, 5.74) is 1.19. The second kappa shape index (κ2) is 5.35. The molecule has 6 heteroatoms. The van der Waals surface area contributed by atoms with Crippen LogP contribution in [0.15, 0.2) is 71.9 Å². The Balaban J connectivity index is 2.03. The van der Waals surface area contributed by atoms with Gasteiger partial charge in [0.15, 0.2) is 0 Å². The monoisotopic (exact) mass is 338 g/mol. The van der Waals surface area contributed by atoms with E-state index in [1.54, 1.807) is 43.5 Å². The summed E-state index contributed by atoms with van der Waals surface area (Å²) in [7, 11) is -2.21. The molecule has 5 nitrogen and oxygen atoms in total. The minimum absolute atomic E-state index is 0.224. The highest BCUT2D eigenvalue weighted by Gasteiger charge is 2.22. The maximum Gasteiger partial charge on any atom is 0.270 e. The largest absolute Gasteiger partial charge is 0.496 e. The van der Waals surface area contributed by atoms with Crippen molar-refractivity contribution in [2.45, 2.75) is 4.90 Å². The lowest BCUT2D eigenvalue weighted by molar-refractivity contribution is 0.419. The van der Waals surface area contributed by atoms with Crippen LogP contribution in [0.2, 0.25) is 0 Å². The fourth-order valence-electron chi connectivity index (χ4n) is 2.88. The van der Waals surface area contributed by atoms with E-state index in [4.69, 9.17) is 4.74 Å². The van der Waals surface area contributed by atoms with Gasteiger partial charge in [-0.05, 0) is 24.3 Å². The van der Waals surface area contributed by atoms with E-state index in [9.17, 15) is 8.42 Å². The summed E-state index contributed by atoms with van der Waals surface area (Å²) in [6, 6.07) is 17.7. The summed E-state index contributed by atoms with van der Waals surface area (Å²) in [4.78, 5) is 4.41. The lowest BCUT2D eigenvalue weighted by Crippen LogP contribution is -2.12. The quantitative estimate of drug-likeness (QED) is 0.574. The van der Waals surface area contributed by atoms with E-state index in [1.165, 1.54) is 10.3 Å². The normalized spacial score (nSPS) is 11.9. The molecular formula is C18H14N2O3S. The van der Waals surface area contributed by atoms with E-state index in [1.807, 2.05) is 24.3 Å². The Kier molecular flexibility index (Phi) is 3.28. The number of rotatable bonds is 3. The molecule has 0 aliphatic carbocycles. The fourth-order valence-corrected chi connectivity index (χ4v) is 4.37. The first-order valence-corrected chi connectivity index (χ1v) is 8.80. The highest BCUT2D eigenvalue weighted by molar-refractivity contribution is 7.90. The van der Waals surface area contributed by atoms with E-state index < -0.39 is 10.0 Å². The number of fused-ring (bicyclic) bond motifs is 2.